The number of benzene rings is 2. The number of carbonyl (C=O) groups excluding carboxylic acids is 2. The maximum Gasteiger partial charge on any atom is 0.253 e. The lowest BCUT2D eigenvalue weighted by Gasteiger charge is -2.11. The first-order chi connectivity index (χ1) is 11.9. The number of hydrogen-bond acceptors (Lipinski definition) is 3. The third-order valence-corrected chi connectivity index (χ3v) is 4.35. The van der Waals surface area contributed by atoms with Crippen LogP contribution in [0, 0.1) is 11.6 Å². The van der Waals surface area contributed by atoms with E-state index in [-0.39, 0.29) is 17.6 Å². The second-order valence-electron chi connectivity index (χ2n) is 5.54. The molecule has 2 rings (SSSR count). The molecule has 2 aromatic carbocycles. The van der Waals surface area contributed by atoms with Gasteiger partial charge in [-0.2, -0.15) is 0 Å². The number of rotatable bonds is 6. The molecule has 7 heteroatoms. The van der Waals surface area contributed by atoms with Gasteiger partial charge in [-0.15, -0.1) is 11.8 Å². The van der Waals surface area contributed by atoms with Crippen LogP contribution in [0.3, 0.4) is 0 Å². The van der Waals surface area contributed by atoms with Crippen molar-refractivity contribution in [3.63, 3.8) is 0 Å². The van der Waals surface area contributed by atoms with Gasteiger partial charge in [-0.1, -0.05) is 12.1 Å². The van der Waals surface area contributed by atoms with Crippen LogP contribution in [0.25, 0.3) is 0 Å². The lowest BCUT2D eigenvalue weighted by molar-refractivity contribution is -0.118. The molecule has 0 radical (unpaired) electrons. The lowest BCUT2D eigenvalue weighted by atomic mass is 10.1. The Morgan fingerprint density at radius 1 is 1.04 bits per heavy atom. The number of carbonyl (C=O) groups is 2. The summed E-state index contributed by atoms with van der Waals surface area (Å²) in [5, 5.41) is 2.74. The molecular weight excluding hydrogens is 346 g/mol. The number of amides is 2. The lowest BCUT2D eigenvalue weighted by Crippen LogP contribution is -2.25. The largest absolute Gasteiger partial charge is 0.351 e. The van der Waals surface area contributed by atoms with Crippen LogP contribution in [0.15, 0.2) is 47.4 Å². The van der Waals surface area contributed by atoms with Gasteiger partial charge >= 0.3 is 0 Å². The number of hydrogen-bond donors (Lipinski definition) is 1. The topological polar surface area (TPSA) is 49.4 Å². The van der Waals surface area contributed by atoms with Gasteiger partial charge < -0.3 is 10.2 Å². The van der Waals surface area contributed by atoms with Crippen LogP contribution in [0.4, 0.5) is 8.78 Å². The molecule has 0 saturated heterocycles. The fourth-order valence-corrected chi connectivity index (χ4v) is 2.74. The average molecular weight is 364 g/mol. The van der Waals surface area contributed by atoms with Crippen molar-refractivity contribution in [2.75, 3.05) is 19.8 Å². The Hall–Kier alpha value is -2.41. The second kappa shape index (κ2) is 8.62. The van der Waals surface area contributed by atoms with E-state index in [0.29, 0.717) is 17.0 Å². The van der Waals surface area contributed by atoms with E-state index in [1.54, 1.807) is 38.4 Å². The Labute approximate surface area is 149 Å². The number of halogens is 2. The highest BCUT2D eigenvalue weighted by Crippen LogP contribution is 2.20. The van der Waals surface area contributed by atoms with Gasteiger partial charge in [0, 0.05) is 31.1 Å². The summed E-state index contributed by atoms with van der Waals surface area (Å²) < 4.78 is 25.9. The Kier molecular flexibility index (Phi) is 6.52. The van der Waals surface area contributed by atoms with Crippen molar-refractivity contribution in [3.05, 3.63) is 65.2 Å². The average Bonchev–Trinajstić information content (AvgIpc) is 2.60. The van der Waals surface area contributed by atoms with E-state index < -0.39 is 11.6 Å². The van der Waals surface area contributed by atoms with Gasteiger partial charge in [-0.3, -0.25) is 9.59 Å². The van der Waals surface area contributed by atoms with Crippen molar-refractivity contribution in [2.24, 2.45) is 0 Å². The van der Waals surface area contributed by atoms with Gasteiger partial charge in [0.05, 0.1) is 5.75 Å². The smallest absolute Gasteiger partial charge is 0.253 e. The van der Waals surface area contributed by atoms with Crippen LogP contribution in [-0.4, -0.2) is 36.6 Å². The monoisotopic (exact) mass is 364 g/mol. The Balaban J connectivity index is 1.81. The molecule has 0 spiro atoms. The van der Waals surface area contributed by atoms with E-state index in [2.05, 4.69) is 5.32 Å². The van der Waals surface area contributed by atoms with Crippen LogP contribution in [0.1, 0.15) is 15.9 Å². The molecule has 132 valence electrons. The van der Waals surface area contributed by atoms with E-state index in [9.17, 15) is 18.4 Å². The molecule has 2 amide bonds. The van der Waals surface area contributed by atoms with Gasteiger partial charge in [0.2, 0.25) is 5.91 Å². The summed E-state index contributed by atoms with van der Waals surface area (Å²) in [7, 11) is 3.36. The second-order valence-corrected chi connectivity index (χ2v) is 6.59. The summed E-state index contributed by atoms with van der Waals surface area (Å²) in [4.78, 5) is 25.6. The molecule has 25 heavy (non-hydrogen) atoms. The highest BCUT2D eigenvalue weighted by Gasteiger charge is 2.08. The zero-order chi connectivity index (χ0) is 18.4. The Morgan fingerprint density at radius 3 is 2.32 bits per heavy atom. The first-order valence-electron chi connectivity index (χ1n) is 7.52. The maximum atomic E-state index is 13.1. The van der Waals surface area contributed by atoms with Crippen LogP contribution in [0.5, 0.6) is 0 Å². The number of nitrogens with zero attached hydrogens (tertiary/aromatic N) is 1. The molecule has 0 aliphatic rings. The maximum absolute atomic E-state index is 13.1. The number of thioether (sulfide) groups is 1. The van der Waals surface area contributed by atoms with Crippen molar-refractivity contribution in [1.82, 2.24) is 10.2 Å². The summed E-state index contributed by atoms with van der Waals surface area (Å²) in [6, 6.07) is 10.5. The minimum atomic E-state index is -0.933. The minimum Gasteiger partial charge on any atom is -0.351 e. The quantitative estimate of drug-likeness (QED) is 0.802. The fraction of sp³-hybridized carbons (Fsp3) is 0.222. The molecule has 0 aromatic heterocycles. The standard InChI is InChI=1S/C18H18F2N2O2S/c1-22(2)18(24)13-5-3-12(4-6-13)10-21-17(23)11-25-14-7-8-15(19)16(20)9-14/h3-9H,10-11H2,1-2H3,(H,21,23). The van der Waals surface area contributed by atoms with E-state index in [1.807, 2.05) is 0 Å². The number of nitrogens with one attached hydrogen (secondary N) is 1. The Morgan fingerprint density at radius 2 is 1.72 bits per heavy atom. The summed E-state index contributed by atoms with van der Waals surface area (Å²) in [6.45, 7) is 0.327. The van der Waals surface area contributed by atoms with Crippen molar-refractivity contribution in [1.29, 1.82) is 0 Å². The van der Waals surface area contributed by atoms with Crippen LogP contribution in [-0.2, 0) is 11.3 Å². The highest BCUT2D eigenvalue weighted by molar-refractivity contribution is 8.00. The SMILES string of the molecule is CN(C)C(=O)c1ccc(CNC(=O)CSc2ccc(F)c(F)c2)cc1. The molecule has 4 nitrogen and oxygen atoms in total. The normalized spacial score (nSPS) is 10.4. The van der Waals surface area contributed by atoms with E-state index in [0.717, 1.165) is 29.5 Å². The van der Waals surface area contributed by atoms with Crippen molar-refractivity contribution < 1.29 is 18.4 Å². The molecule has 0 saturated carbocycles. The van der Waals surface area contributed by atoms with E-state index >= 15 is 0 Å². The van der Waals surface area contributed by atoms with E-state index in [4.69, 9.17) is 0 Å². The van der Waals surface area contributed by atoms with Crippen molar-refractivity contribution in [3.8, 4) is 0 Å². The fourth-order valence-electron chi connectivity index (χ4n) is 1.99. The summed E-state index contributed by atoms with van der Waals surface area (Å²) in [5.41, 5.74) is 1.44. The van der Waals surface area contributed by atoms with Crippen LogP contribution < -0.4 is 5.32 Å². The summed E-state index contributed by atoms with van der Waals surface area (Å²) in [6.07, 6.45) is 0. The Bertz CT molecular complexity index is 764. The minimum absolute atomic E-state index is 0.0847. The third-order valence-electron chi connectivity index (χ3n) is 3.36. The summed E-state index contributed by atoms with van der Waals surface area (Å²) in [5.74, 6) is -2.05. The molecule has 0 heterocycles. The van der Waals surface area contributed by atoms with Gasteiger partial charge in [0.15, 0.2) is 11.6 Å². The predicted octanol–water partition coefficient (Wildman–Crippen LogP) is 3.08. The summed E-state index contributed by atoms with van der Waals surface area (Å²) >= 11 is 1.13. The molecule has 0 fully saturated rings. The molecule has 0 aliphatic carbocycles. The highest BCUT2D eigenvalue weighted by atomic mass is 32.2. The van der Waals surface area contributed by atoms with E-state index in [1.165, 1.54) is 11.0 Å². The molecule has 2 aromatic rings. The zero-order valence-corrected chi connectivity index (χ0v) is 14.7. The van der Waals surface area contributed by atoms with Gasteiger partial charge in [0.25, 0.3) is 5.91 Å². The van der Waals surface area contributed by atoms with Gasteiger partial charge in [0.1, 0.15) is 0 Å². The molecule has 0 atom stereocenters. The first-order valence-corrected chi connectivity index (χ1v) is 8.50. The zero-order valence-electron chi connectivity index (χ0n) is 13.9. The van der Waals surface area contributed by atoms with Crippen LogP contribution in [0.2, 0.25) is 0 Å². The van der Waals surface area contributed by atoms with Gasteiger partial charge in [-0.25, -0.2) is 8.78 Å². The van der Waals surface area contributed by atoms with Crippen LogP contribution >= 0.6 is 11.8 Å². The first kappa shape index (κ1) is 18.9. The van der Waals surface area contributed by atoms with Crippen molar-refractivity contribution in [2.45, 2.75) is 11.4 Å². The molecule has 0 unspecified atom stereocenters. The molecule has 1 N–H and O–H groups in total. The van der Waals surface area contributed by atoms with Crippen molar-refractivity contribution >= 4 is 23.6 Å². The van der Waals surface area contributed by atoms with Gasteiger partial charge in [-0.05, 0) is 35.9 Å². The molecule has 0 bridgehead atoms. The molecule has 0 aliphatic heterocycles. The predicted molar refractivity (Wildman–Crippen MR) is 93.4 cm³/mol. The molecular formula is C18H18F2N2O2S. The third kappa shape index (κ3) is 5.56.